The summed E-state index contributed by atoms with van der Waals surface area (Å²) >= 11 is 0. The molecular weight excluding hydrogens is 164 g/mol. The van der Waals surface area contributed by atoms with Gasteiger partial charge in [0.1, 0.15) is 5.69 Å². The topological polar surface area (TPSA) is 35.2 Å². The number of anilines is 2. The summed E-state index contributed by atoms with van der Waals surface area (Å²) in [4.78, 5) is 4.21. The van der Waals surface area contributed by atoms with E-state index in [9.17, 15) is 0 Å². The van der Waals surface area contributed by atoms with Gasteiger partial charge in [-0.25, -0.2) is 0 Å². The molecule has 0 saturated heterocycles. The first-order valence-electron chi connectivity index (χ1n) is 4.51. The van der Waals surface area contributed by atoms with Crippen molar-refractivity contribution in [3.8, 4) is 0 Å². The molecule has 1 rings (SSSR count). The van der Waals surface area contributed by atoms with E-state index in [-0.39, 0.29) is 0 Å². The van der Waals surface area contributed by atoms with Gasteiger partial charge in [0.15, 0.2) is 5.82 Å². The Hall–Kier alpha value is -1.19. The molecule has 0 aliphatic rings. The van der Waals surface area contributed by atoms with Crippen LogP contribution in [0.5, 0.6) is 0 Å². The molecule has 1 N–H and O–H groups in total. The molecule has 0 spiro atoms. The van der Waals surface area contributed by atoms with Crippen molar-refractivity contribution in [2.45, 2.75) is 13.8 Å². The molecule has 0 atom stereocenters. The fourth-order valence-electron chi connectivity index (χ4n) is 1.36. The molecule has 0 bridgehead atoms. The molecule has 1 aromatic heterocycles. The minimum absolute atomic E-state index is 0.963. The maximum atomic E-state index is 4.27. The van der Waals surface area contributed by atoms with Crippen LogP contribution in [0.2, 0.25) is 0 Å². The van der Waals surface area contributed by atoms with Gasteiger partial charge in [0.25, 0.3) is 0 Å². The largest absolute Gasteiger partial charge is 0.373 e. The van der Waals surface area contributed by atoms with Crippen molar-refractivity contribution in [1.82, 2.24) is 10.2 Å². The van der Waals surface area contributed by atoms with E-state index in [1.54, 1.807) is 0 Å². The highest BCUT2D eigenvalue weighted by Crippen LogP contribution is 2.27. The molecule has 0 aromatic carbocycles. The Bertz CT molecular complexity index is 277. The molecule has 4 heteroatoms. The third-order valence-electron chi connectivity index (χ3n) is 2.18. The maximum Gasteiger partial charge on any atom is 0.174 e. The molecule has 0 aliphatic carbocycles. The van der Waals surface area contributed by atoms with E-state index in [4.69, 9.17) is 0 Å². The van der Waals surface area contributed by atoms with E-state index in [1.807, 2.05) is 28.1 Å². The Labute approximate surface area is 79.5 Å². The number of nitrogens with zero attached hydrogens (tertiary/aromatic N) is 3. The Morgan fingerprint density at radius 2 is 1.92 bits per heavy atom. The molecule has 0 radical (unpaired) electrons. The number of H-pyrrole nitrogens is 1. The number of rotatable bonds is 3. The molecule has 0 aliphatic heterocycles. The molecule has 4 nitrogen and oxygen atoms in total. The molecule has 0 unspecified atom stereocenters. The number of aryl methyl sites for hydroxylation is 1. The van der Waals surface area contributed by atoms with Crippen LogP contribution in [0.25, 0.3) is 0 Å². The predicted molar refractivity (Wildman–Crippen MR) is 56.6 cm³/mol. The molecule has 0 fully saturated rings. The highest BCUT2D eigenvalue weighted by Gasteiger charge is 2.14. The van der Waals surface area contributed by atoms with Crippen molar-refractivity contribution in [2.24, 2.45) is 0 Å². The Kier molecular flexibility index (Phi) is 2.80. The normalized spacial score (nSPS) is 10.2. The van der Waals surface area contributed by atoms with E-state index < -0.39 is 0 Å². The van der Waals surface area contributed by atoms with Gasteiger partial charge in [-0.3, -0.25) is 5.10 Å². The number of nitrogens with one attached hydrogen (secondary N) is 1. The van der Waals surface area contributed by atoms with Crippen molar-refractivity contribution in [3.05, 3.63) is 5.69 Å². The van der Waals surface area contributed by atoms with E-state index >= 15 is 0 Å². The number of aromatic nitrogens is 2. The lowest BCUT2D eigenvalue weighted by Gasteiger charge is -2.19. The Morgan fingerprint density at radius 3 is 2.38 bits per heavy atom. The van der Waals surface area contributed by atoms with Crippen LogP contribution >= 0.6 is 0 Å². The summed E-state index contributed by atoms with van der Waals surface area (Å²) in [5.41, 5.74) is 2.28. The van der Waals surface area contributed by atoms with Crippen molar-refractivity contribution in [2.75, 3.05) is 37.5 Å². The van der Waals surface area contributed by atoms with Crippen LogP contribution in [-0.2, 0) is 0 Å². The lowest BCUT2D eigenvalue weighted by Crippen LogP contribution is -2.20. The van der Waals surface area contributed by atoms with Gasteiger partial charge in [0.2, 0.25) is 0 Å². The first kappa shape index (κ1) is 9.89. The molecule has 13 heavy (non-hydrogen) atoms. The van der Waals surface area contributed by atoms with Crippen LogP contribution in [0, 0.1) is 6.92 Å². The maximum absolute atomic E-state index is 4.27. The molecule has 1 heterocycles. The molecule has 0 saturated carbocycles. The monoisotopic (exact) mass is 182 g/mol. The van der Waals surface area contributed by atoms with Gasteiger partial charge in [-0.1, -0.05) is 0 Å². The second-order valence-electron chi connectivity index (χ2n) is 3.43. The average Bonchev–Trinajstić information content (AvgIpc) is 2.45. The minimum atomic E-state index is 0.963. The molecule has 0 amide bonds. The summed E-state index contributed by atoms with van der Waals surface area (Å²) in [7, 11) is 6.11. The second-order valence-corrected chi connectivity index (χ2v) is 3.43. The fraction of sp³-hybridized carbons (Fsp3) is 0.667. The zero-order chi connectivity index (χ0) is 10.0. The molecular formula is C9H18N4. The van der Waals surface area contributed by atoms with Gasteiger partial charge in [-0.2, -0.15) is 5.10 Å². The first-order chi connectivity index (χ1) is 6.07. The summed E-state index contributed by atoms with van der Waals surface area (Å²) in [5.74, 6) is 1.02. The van der Waals surface area contributed by atoms with Gasteiger partial charge in [0, 0.05) is 27.7 Å². The average molecular weight is 182 g/mol. The number of hydrogen-bond acceptors (Lipinski definition) is 3. The molecule has 74 valence electrons. The van der Waals surface area contributed by atoms with Crippen LogP contribution in [0.4, 0.5) is 11.5 Å². The van der Waals surface area contributed by atoms with Crippen LogP contribution in [0.15, 0.2) is 0 Å². The van der Waals surface area contributed by atoms with E-state index in [0.29, 0.717) is 0 Å². The number of hydrogen-bond donors (Lipinski definition) is 1. The summed E-state index contributed by atoms with van der Waals surface area (Å²) in [6, 6.07) is 0. The van der Waals surface area contributed by atoms with Crippen LogP contribution in [-0.4, -0.2) is 37.9 Å². The van der Waals surface area contributed by atoms with Crippen molar-refractivity contribution >= 4 is 11.5 Å². The summed E-state index contributed by atoms with van der Waals surface area (Å²) < 4.78 is 0. The van der Waals surface area contributed by atoms with Crippen LogP contribution in [0.1, 0.15) is 12.6 Å². The third kappa shape index (κ3) is 1.76. The van der Waals surface area contributed by atoms with Gasteiger partial charge >= 0.3 is 0 Å². The lowest BCUT2D eigenvalue weighted by molar-refractivity contribution is 0.916. The predicted octanol–water partition coefficient (Wildman–Crippen LogP) is 1.24. The smallest absolute Gasteiger partial charge is 0.174 e. The lowest BCUT2D eigenvalue weighted by atomic mass is 10.3. The van der Waals surface area contributed by atoms with Crippen molar-refractivity contribution in [1.29, 1.82) is 0 Å². The highest BCUT2D eigenvalue weighted by molar-refractivity contribution is 5.68. The van der Waals surface area contributed by atoms with E-state index in [2.05, 4.69) is 26.9 Å². The van der Waals surface area contributed by atoms with Gasteiger partial charge < -0.3 is 9.80 Å². The summed E-state index contributed by atoms with van der Waals surface area (Å²) in [5, 5.41) is 7.27. The van der Waals surface area contributed by atoms with Crippen LogP contribution in [0.3, 0.4) is 0 Å². The zero-order valence-electron chi connectivity index (χ0n) is 9.05. The minimum Gasteiger partial charge on any atom is -0.373 e. The second kappa shape index (κ2) is 3.68. The van der Waals surface area contributed by atoms with Gasteiger partial charge in [-0.15, -0.1) is 0 Å². The fourth-order valence-corrected chi connectivity index (χ4v) is 1.36. The summed E-state index contributed by atoms with van der Waals surface area (Å²) in [6.45, 7) is 5.12. The Morgan fingerprint density at radius 1 is 1.31 bits per heavy atom. The van der Waals surface area contributed by atoms with Gasteiger partial charge in [0.05, 0.1) is 5.69 Å². The Balaban J connectivity index is 3.07. The third-order valence-corrected chi connectivity index (χ3v) is 2.18. The SMILES string of the molecule is CCN(C)c1n[nH]c(C)c1N(C)C. The highest BCUT2D eigenvalue weighted by atomic mass is 15.3. The van der Waals surface area contributed by atoms with E-state index in [1.165, 1.54) is 5.69 Å². The van der Waals surface area contributed by atoms with Crippen molar-refractivity contribution < 1.29 is 0 Å². The summed E-state index contributed by atoms with van der Waals surface area (Å²) in [6.07, 6.45) is 0. The first-order valence-corrected chi connectivity index (χ1v) is 4.51. The van der Waals surface area contributed by atoms with Gasteiger partial charge in [-0.05, 0) is 13.8 Å². The van der Waals surface area contributed by atoms with Crippen LogP contribution < -0.4 is 9.80 Å². The number of aromatic amines is 1. The standard InChI is InChI=1S/C9H18N4/c1-6-13(5)9-8(12(3)4)7(2)10-11-9/h6H2,1-5H3,(H,10,11). The van der Waals surface area contributed by atoms with Crippen molar-refractivity contribution in [3.63, 3.8) is 0 Å². The zero-order valence-corrected chi connectivity index (χ0v) is 9.05. The quantitative estimate of drug-likeness (QED) is 0.764. The molecule has 1 aromatic rings. The van der Waals surface area contributed by atoms with E-state index in [0.717, 1.165) is 18.1 Å².